The number of aryl methyl sites for hydroxylation is 2. The van der Waals surface area contributed by atoms with Gasteiger partial charge in [0.25, 0.3) is 5.56 Å². The highest BCUT2D eigenvalue weighted by Gasteiger charge is 2.24. The molecule has 0 aromatic carbocycles. The van der Waals surface area contributed by atoms with Crippen LogP contribution < -0.4 is 5.56 Å². The molecule has 4 rings (SSSR count). The van der Waals surface area contributed by atoms with Crippen molar-refractivity contribution in [3.05, 3.63) is 32.6 Å². The Balaban J connectivity index is 1.45. The first-order valence-electron chi connectivity index (χ1n) is 7.99. The highest BCUT2D eigenvalue weighted by atomic mass is 32.1. The van der Waals surface area contributed by atoms with Crippen LogP contribution in [0.25, 0.3) is 11.0 Å². The zero-order valence-electron chi connectivity index (χ0n) is 13.7. The summed E-state index contributed by atoms with van der Waals surface area (Å²) in [7, 11) is 1.76. The number of fused-ring (bicyclic) bond motifs is 1. The van der Waals surface area contributed by atoms with E-state index in [1.54, 1.807) is 29.3 Å². The molecule has 1 saturated heterocycles. The zero-order chi connectivity index (χ0) is 16.7. The Hall–Kier alpha value is -2.13. The number of hydrogen-bond donors (Lipinski definition) is 0. The summed E-state index contributed by atoms with van der Waals surface area (Å²) in [5.41, 5.74) is 1.48. The summed E-state index contributed by atoms with van der Waals surface area (Å²) in [5.74, 6) is 0.585. The van der Waals surface area contributed by atoms with Crippen LogP contribution in [0.3, 0.4) is 0 Å². The molecule has 0 N–H and O–H groups in total. The lowest BCUT2D eigenvalue weighted by Crippen LogP contribution is -2.33. The van der Waals surface area contributed by atoms with Gasteiger partial charge in [0.15, 0.2) is 5.65 Å². The largest absolute Gasteiger partial charge is 0.284 e. The third-order valence-corrected chi connectivity index (χ3v) is 5.44. The molecule has 1 aliphatic rings. The quantitative estimate of drug-likeness (QED) is 0.696. The maximum atomic E-state index is 12.5. The van der Waals surface area contributed by atoms with Crippen LogP contribution in [0.4, 0.5) is 0 Å². The van der Waals surface area contributed by atoms with Crippen molar-refractivity contribution in [1.82, 2.24) is 34.7 Å². The lowest BCUT2D eigenvalue weighted by atomic mass is 10.1. The fourth-order valence-electron chi connectivity index (χ4n) is 3.21. The molecule has 8 nitrogen and oxygen atoms in total. The Labute approximate surface area is 142 Å². The number of thiazole rings is 1. The molecule has 9 heteroatoms. The molecule has 0 bridgehead atoms. The second-order valence-electron chi connectivity index (χ2n) is 6.36. The number of aromatic nitrogens is 6. The molecule has 1 atom stereocenters. The van der Waals surface area contributed by atoms with Crippen LogP contribution >= 0.6 is 11.3 Å². The SMILES string of the molecule is Cc1csc(CC2CCN(Cn3nnc4c(cnn4C)c3=O)C2)n1. The molecule has 0 saturated carbocycles. The van der Waals surface area contributed by atoms with E-state index in [0.717, 1.165) is 31.6 Å². The van der Waals surface area contributed by atoms with Gasteiger partial charge in [0, 0.05) is 37.6 Å². The van der Waals surface area contributed by atoms with Crippen LogP contribution in [0.5, 0.6) is 0 Å². The van der Waals surface area contributed by atoms with E-state index in [1.807, 2.05) is 6.92 Å². The van der Waals surface area contributed by atoms with Gasteiger partial charge in [-0.05, 0) is 19.3 Å². The summed E-state index contributed by atoms with van der Waals surface area (Å²) in [6.07, 6.45) is 3.69. The second kappa shape index (κ2) is 6.06. The lowest BCUT2D eigenvalue weighted by Gasteiger charge is -2.15. The maximum Gasteiger partial charge on any atom is 0.282 e. The Morgan fingerprint density at radius 1 is 1.42 bits per heavy atom. The predicted octanol–water partition coefficient (Wildman–Crippen LogP) is 0.812. The first-order chi connectivity index (χ1) is 11.6. The Morgan fingerprint density at radius 2 is 2.29 bits per heavy atom. The summed E-state index contributed by atoms with van der Waals surface area (Å²) in [5, 5.41) is 16.1. The molecule has 126 valence electrons. The summed E-state index contributed by atoms with van der Waals surface area (Å²) >= 11 is 1.73. The molecule has 1 aliphatic heterocycles. The monoisotopic (exact) mass is 345 g/mol. The first-order valence-corrected chi connectivity index (χ1v) is 8.87. The van der Waals surface area contributed by atoms with Crippen LogP contribution in [0.1, 0.15) is 17.1 Å². The normalized spacial score (nSPS) is 18.7. The predicted molar refractivity (Wildman–Crippen MR) is 90.8 cm³/mol. The van der Waals surface area contributed by atoms with Crippen molar-refractivity contribution in [1.29, 1.82) is 0 Å². The number of rotatable bonds is 4. The van der Waals surface area contributed by atoms with Crippen LogP contribution in [0.2, 0.25) is 0 Å². The Kier molecular flexibility index (Phi) is 3.89. The molecular formula is C15H19N7OS. The Morgan fingerprint density at radius 3 is 3.08 bits per heavy atom. The fraction of sp³-hybridized carbons (Fsp3) is 0.533. The van der Waals surface area contributed by atoms with Gasteiger partial charge in [-0.1, -0.05) is 5.21 Å². The standard InChI is InChI=1S/C15H19N7OS/c1-10-8-24-13(17-10)5-11-3-4-21(7-11)9-22-15(23)12-6-16-20(2)14(12)18-19-22/h6,8,11H,3-5,7,9H2,1-2H3. The molecule has 24 heavy (non-hydrogen) atoms. The third kappa shape index (κ3) is 2.84. The summed E-state index contributed by atoms with van der Waals surface area (Å²) in [6, 6.07) is 0. The van der Waals surface area contributed by atoms with Gasteiger partial charge in [0.05, 0.1) is 17.9 Å². The molecule has 0 amide bonds. The van der Waals surface area contributed by atoms with Crippen LogP contribution in [-0.4, -0.2) is 47.7 Å². The highest BCUT2D eigenvalue weighted by molar-refractivity contribution is 7.09. The van der Waals surface area contributed by atoms with Crippen molar-refractivity contribution in [2.45, 2.75) is 26.4 Å². The molecular weight excluding hydrogens is 326 g/mol. The average molecular weight is 345 g/mol. The van der Waals surface area contributed by atoms with Crippen LogP contribution in [-0.2, 0) is 20.1 Å². The number of likely N-dealkylation sites (tertiary alicyclic amines) is 1. The van der Waals surface area contributed by atoms with E-state index in [4.69, 9.17) is 0 Å². The summed E-state index contributed by atoms with van der Waals surface area (Å²) < 4.78 is 3.00. The molecule has 3 aromatic heterocycles. The van der Waals surface area contributed by atoms with Crippen molar-refractivity contribution in [3.8, 4) is 0 Å². The minimum absolute atomic E-state index is 0.132. The summed E-state index contributed by atoms with van der Waals surface area (Å²) in [6.45, 7) is 4.43. The van der Waals surface area contributed by atoms with Crippen LogP contribution in [0, 0.1) is 12.8 Å². The third-order valence-electron chi connectivity index (χ3n) is 4.45. The molecule has 1 unspecified atom stereocenters. The lowest BCUT2D eigenvalue weighted by molar-refractivity contribution is 0.236. The van der Waals surface area contributed by atoms with Gasteiger partial charge in [0.2, 0.25) is 0 Å². The smallest absolute Gasteiger partial charge is 0.282 e. The van der Waals surface area contributed by atoms with Gasteiger partial charge in [-0.15, -0.1) is 16.4 Å². The average Bonchev–Trinajstić information content (AvgIpc) is 3.25. The van der Waals surface area contributed by atoms with Gasteiger partial charge in [0.1, 0.15) is 5.39 Å². The van der Waals surface area contributed by atoms with Crippen molar-refractivity contribution in [2.75, 3.05) is 13.1 Å². The number of nitrogens with zero attached hydrogens (tertiary/aromatic N) is 7. The molecule has 1 fully saturated rings. The molecule has 3 aromatic rings. The van der Waals surface area contributed by atoms with E-state index in [9.17, 15) is 4.79 Å². The van der Waals surface area contributed by atoms with Crippen LogP contribution in [0.15, 0.2) is 16.4 Å². The maximum absolute atomic E-state index is 12.5. The van der Waals surface area contributed by atoms with E-state index in [1.165, 1.54) is 9.69 Å². The molecule has 0 aliphatic carbocycles. The van der Waals surface area contributed by atoms with Crippen molar-refractivity contribution >= 4 is 22.4 Å². The van der Waals surface area contributed by atoms with Crippen molar-refractivity contribution in [2.24, 2.45) is 13.0 Å². The van der Waals surface area contributed by atoms with E-state index in [2.05, 4.69) is 30.7 Å². The number of hydrogen-bond acceptors (Lipinski definition) is 7. The van der Waals surface area contributed by atoms with Crippen molar-refractivity contribution in [3.63, 3.8) is 0 Å². The van der Waals surface area contributed by atoms with E-state index in [0.29, 0.717) is 23.6 Å². The van der Waals surface area contributed by atoms with Crippen molar-refractivity contribution < 1.29 is 0 Å². The van der Waals surface area contributed by atoms with E-state index >= 15 is 0 Å². The first kappa shape index (κ1) is 15.4. The minimum atomic E-state index is -0.132. The zero-order valence-corrected chi connectivity index (χ0v) is 14.5. The molecule has 0 radical (unpaired) electrons. The summed E-state index contributed by atoms with van der Waals surface area (Å²) in [4.78, 5) is 19.3. The topological polar surface area (TPSA) is 81.7 Å². The fourth-order valence-corrected chi connectivity index (χ4v) is 4.10. The van der Waals surface area contributed by atoms with E-state index < -0.39 is 0 Å². The van der Waals surface area contributed by atoms with Gasteiger partial charge in [-0.25, -0.2) is 9.67 Å². The van der Waals surface area contributed by atoms with Gasteiger partial charge >= 0.3 is 0 Å². The Bertz CT molecular complexity index is 927. The van der Waals surface area contributed by atoms with E-state index in [-0.39, 0.29) is 5.56 Å². The molecule has 4 heterocycles. The van der Waals surface area contributed by atoms with Gasteiger partial charge in [-0.3, -0.25) is 9.69 Å². The second-order valence-corrected chi connectivity index (χ2v) is 7.30. The minimum Gasteiger partial charge on any atom is -0.284 e. The highest BCUT2D eigenvalue weighted by Crippen LogP contribution is 2.22. The van der Waals surface area contributed by atoms with Gasteiger partial charge in [-0.2, -0.15) is 9.78 Å². The molecule has 0 spiro atoms. The van der Waals surface area contributed by atoms with Gasteiger partial charge < -0.3 is 0 Å².